The molecule has 32 heavy (non-hydrogen) atoms. The van der Waals surface area contributed by atoms with Crippen LogP contribution in [0.15, 0.2) is 5.11 Å². The van der Waals surface area contributed by atoms with Crippen LogP contribution >= 0.6 is 21.6 Å². The van der Waals surface area contributed by atoms with E-state index >= 15 is 0 Å². The third-order valence-electron chi connectivity index (χ3n) is 4.36. The molecule has 186 valence electrons. The van der Waals surface area contributed by atoms with E-state index in [4.69, 9.17) is 29.2 Å². The van der Waals surface area contributed by atoms with Crippen LogP contribution in [0.1, 0.15) is 32.1 Å². The summed E-state index contributed by atoms with van der Waals surface area (Å²) < 4.78 is 26.8. The number of hydrogen-bond acceptors (Lipinski definition) is 9. The van der Waals surface area contributed by atoms with Crippen molar-refractivity contribution in [1.82, 2.24) is 5.32 Å². The minimum Gasteiger partial charge on any atom is -0.379 e. The van der Waals surface area contributed by atoms with Gasteiger partial charge in [-0.15, -0.1) is 0 Å². The van der Waals surface area contributed by atoms with Gasteiger partial charge in [0.15, 0.2) is 0 Å². The van der Waals surface area contributed by atoms with Gasteiger partial charge in [0.25, 0.3) is 0 Å². The number of nitrogens with one attached hydrogen (secondary N) is 1. The molecule has 1 aliphatic heterocycles. The highest BCUT2D eigenvalue weighted by molar-refractivity contribution is 8.77. The van der Waals surface area contributed by atoms with Crippen molar-refractivity contribution in [3.8, 4) is 0 Å². The lowest BCUT2D eigenvalue weighted by Gasteiger charge is -2.09. The Kier molecular flexibility index (Phi) is 21.5. The number of rotatable bonds is 23. The molecular weight excluding hydrogens is 456 g/mol. The fraction of sp³-hybridized carbons (Fsp3) is 0.950. The molecule has 1 heterocycles. The second-order valence-electron chi connectivity index (χ2n) is 6.94. The van der Waals surface area contributed by atoms with Crippen molar-refractivity contribution in [2.45, 2.75) is 37.4 Å². The van der Waals surface area contributed by atoms with E-state index in [1.54, 1.807) is 0 Å². The molecule has 10 nitrogen and oxygen atoms in total. The molecule has 0 aromatic rings. The summed E-state index contributed by atoms with van der Waals surface area (Å²) >= 11 is 0. The van der Waals surface area contributed by atoms with Crippen LogP contribution in [-0.2, 0) is 28.5 Å². The maximum Gasteiger partial charge on any atom is 0.220 e. The molecule has 1 rings (SSSR count). The number of azide groups is 1. The first-order valence-electron chi connectivity index (χ1n) is 11.3. The molecule has 1 saturated heterocycles. The maximum atomic E-state index is 11.8. The van der Waals surface area contributed by atoms with Crippen molar-refractivity contribution >= 4 is 27.5 Å². The molecule has 0 aromatic heterocycles. The van der Waals surface area contributed by atoms with Crippen molar-refractivity contribution in [2.24, 2.45) is 5.11 Å². The van der Waals surface area contributed by atoms with Gasteiger partial charge in [0.05, 0.1) is 66.1 Å². The van der Waals surface area contributed by atoms with Crippen LogP contribution < -0.4 is 5.32 Å². The average molecular weight is 495 g/mol. The number of carbonyl (C=O) groups excluding carboxylic acids is 1. The van der Waals surface area contributed by atoms with Gasteiger partial charge in [-0.05, 0) is 24.8 Å². The molecule has 0 aliphatic carbocycles. The SMILES string of the molecule is [N-]=[N+]=NCCOCCOCCOCCOCCOCCNC(=O)CCCCC1CCSS1. The van der Waals surface area contributed by atoms with E-state index in [1.807, 2.05) is 21.6 Å². The van der Waals surface area contributed by atoms with Gasteiger partial charge in [-0.2, -0.15) is 0 Å². The Morgan fingerprint density at radius 2 is 1.50 bits per heavy atom. The van der Waals surface area contributed by atoms with E-state index in [1.165, 1.54) is 18.6 Å². The van der Waals surface area contributed by atoms with Gasteiger partial charge in [-0.1, -0.05) is 33.1 Å². The Balaban J connectivity index is 1.68. The van der Waals surface area contributed by atoms with E-state index < -0.39 is 0 Å². The highest BCUT2D eigenvalue weighted by Crippen LogP contribution is 2.39. The van der Waals surface area contributed by atoms with Crippen molar-refractivity contribution < 1.29 is 28.5 Å². The fourth-order valence-corrected chi connectivity index (χ4v) is 5.73. The summed E-state index contributed by atoms with van der Waals surface area (Å²) in [5.41, 5.74) is 8.10. The minimum atomic E-state index is 0.109. The molecule has 1 unspecified atom stereocenters. The summed E-state index contributed by atoms with van der Waals surface area (Å²) in [4.78, 5) is 14.4. The first kappa shape index (κ1) is 29.3. The van der Waals surface area contributed by atoms with Crippen LogP contribution in [0.25, 0.3) is 10.4 Å². The lowest BCUT2D eigenvalue weighted by molar-refractivity contribution is -0.121. The third-order valence-corrected chi connectivity index (χ3v) is 7.37. The number of carbonyl (C=O) groups is 1. The number of ether oxygens (including phenoxy) is 5. The average Bonchev–Trinajstić information content (AvgIpc) is 3.32. The Morgan fingerprint density at radius 1 is 0.906 bits per heavy atom. The zero-order valence-corrected chi connectivity index (χ0v) is 20.5. The molecule has 0 radical (unpaired) electrons. The zero-order valence-electron chi connectivity index (χ0n) is 18.9. The van der Waals surface area contributed by atoms with Gasteiger partial charge in [0.1, 0.15) is 0 Å². The molecule has 1 N–H and O–H groups in total. The molecule has 1 atom stereocenters. The summed E-state index contributed by atoms with van der Waals surface area (Å²) in [6.45, 7) is 5.70. The summed E-state index contributed by atoms with van der Waals surface area (Å²) in [6, 6.07) is 0. The zero-order chi connectivity index (χ0) is 23.0. The number of hydrogen-bond donors (Lipinski definition) is 1. The van der Waals surface area contributed by atoms with Gasteiger partial charge in [-0.3, -0.25) is 4.79 Å². The lowest BCUT2D eigenvalue weighted by atomic mass is 10.1. The predicted octanol–water partition coefficient (Wildman–Crippen LogP) is 3.21. The molecule has 0 spiro atoms. The van der Waals surface area contributed by atoms with E-state index in [0.717, 1.165) is 18.1 Å². The van der Waals surface area contributed by atoms with E-state index in [0.29, 0.717) is 85.6 Å². The van der Waals surface area contributed by atoms with Crippen LogP contribution in [0.2, 0.25) is 0 Å². The van der Waals surface area contributed by atoms with Crippen LogP contribution in [0.5, 0.6) is 0 Å². The van der Waals surface area contributed by atoms with Crippen molar-refractivity contribution in [3.63, 3.8) is 0 Å². The van der Waals surface area contributed by atoms with Crippen molar-refractivity contribution in [2.75, 3.05) is 84.9 Å². The van der Waals surface area contributed by atoms with E-state index in [2.05, 4.69) is 15.3 Å². The quantitative estimate of drug-likeness (QED) is 0.0755. The second-order valence-corrected chi connectivity index (χ2v) is 9.73. The van der Waals surface area contributed by atoms with Gasteiger partial charge in [0.2, 0.25) is 5.91 Å². The molecule has 12 heteroatoms. The monoisotopic (exact) mass is 494 g/mol. The Bertz CT molecular complexity index is 495. The molecule has 1 amide bonds. The van der Waals surface area contributed by atoms with Gasteiger partial charge < -0.3 is 29.0 Å². The van der Waals surface area contributed by atoms with Gasteiger partial charge in [-0.25, -0.2) is 0 Å². The first-order valence-corrected chi connectivity index (χ1v) is 13.7. The molecular formula is C20H38N4O6S2. The Labute approximate surface area is 199 Å². The Hall–Kier alpha value is -0.720. The molecule has 0 aromatic carbocycles. The van der Waals surface area contributed by atoms with E-state index in [-0.39, 0.29) is 5.91 Å². The first-order chi connectivity index (χ1) is 15.8. The highest BCUT2D eigenvalue weighted by Gasteiger charge is 2.15. The summed E-state index contributed by atoms with van der Waals surface area (Å²) in [7, 11) is 3.97. The summed E-state index contributed by atoms with van der Waals surface area (Å²) in [5, 5.41) is 7.05. The normalized spacial score (nSPS) is 15.6. The summed E-state index contributed by atoms with van der Waals surface area (Å²) in [6.07, 6.45) is 5.23. The van der Waals surface area contributed by atoms with Gasteiger partial charge >= 0.3 is 0 Å². The van der Waals surface area contributed by atoms with E-state index in [9.17, 15) is 4.79 Å². The molecule has 1 aliphatic rings. The minimum absolute atomic E-state index is 0.109. The predicted molar refractivity (Wildman–Crippen MR) is 128 cm³/mol. The largest absolute Gasteiger partial charge is 0.379 e. The highest BCUT2D eigenvalue weighted by atomic mass is 33.1. The lowest BCUT2D eigenvalue weighted by Crippen LogP contribution is -2.27. The van der Waals surface area contributed by atoms with Gasteiger partial charge in [0, 0.05) is 35.4 Å². The standard InChI is InChI=1S/C20H38N4O6S2/c21-24-23-7-9-27-11-13-29-15-17-30-16-14-28-12-10-26-8-6-22-20(25)4-2-1-3-19-5-18-31-32-19/h19H,1-18H2,(H,22,25). The molecule has 0 bridgehead atoms. The number of nitrogens with zero attached hydrogens (tertiary/aromatic N) is 3. The third kappa shape index (κ3) is 19.9. The fourth-order valence-electron chi connectivity index (χ4n) is 2.70. The van der Waals surface area contributed by atoms with Crippen LogP contribution in [0.3, 0.4) is 0 Å². The second kappa shape index (κ2) is 23.4. The Morgan fingerprint density at radius 3 is 2.06 bits per heavy atom. The topological polar surface area (TPSA) is 124 Å². The van der Waals surface area contributed by atoms with Crippen LogP contribution in [0, 0.1) is 0 Å². The van der Waals surface area contributed by atoms with Crippen LogP contribution in [-0.4, -0.2) is 96.1 Å². The molecule has 0 saturated carbocycles. The maximum absolute atomic E-state index is 11.8. The smallest absolute Gasteiger partial charge is 0.220 e. The molecule has 1 fully saturated rings. The number of unbranched alkanes of at least 4 members (excludes halogenated alkanes) is 1. The summed E-state index contributed by atoms with van der Waals surface area (Å²) in [5.74, 6) is 1.38. The number of amides is 1. The van der Waals surface area contributed by atoms with Crippen LogP contribution in [0.4, 0.5) is 0 Å². The van der Waals surface area contributed by atoms with Crippen molar-refractivity contribution in [3.05, 3.63) is 10.4 Å². The van der Waals surface area contributed by atoms with Crippen molar-refractivity contribution in [1.29, 1.82) is 0 Å².